The predicted molar refractivity (Wildman–Crippen MR) is 273 cm³/mol. The SMILES string of the molecule is C.C.CC.CC1(CC#N)CNC1.CCCC(C(C)NC(C)NC1CCC(C(=O)NCCC(=O)NCc2ccc(C3CCC(=O)NC3=O)cc2)CC1)C(C)C1CCCC1.CCS.O.O.[HH].[HH].[HH].[HH]. The number of carbonyl (C=O) groups is 4. The van der Waals surface area contributed by atoms with E-state index in [2.05, 4.69) is 85.2 Å². The van der Waals surface area contributed by atoms with Gasteiger partial charge in [-0.1, -0.05) is 113 Å². The summed E-state index contributed by atoms with van der Waals surface area (Å²) >= 11 is 3.79. The summed E-state index contributed by atoms with van der Waals surface area (Å²) in [4.78, 5) is 48.7. The fraction of sp³-hybridized carbons (Fsp3) is 0.776. The van der Waals surface area contributed by atoms with Gasteiger partial charge in [0.2, 0.25) is 23.6 Å². The van der Waals surface area contributed by atoms with Gasteiger partial charge >= 0.3 is 0 Å². The molecule has 14 heteroatoms. The molecule has 4 fully saturated rings. The Labute approximate surface area is 395 Å². The van der Waals surface area contributed by atoms with Gasteiger partial charge in [-0.3, -0.25) is 35.1 Å². The van der Waals surface area contributed by atoms with Crippen molar-refractivity contribution in [2.24, 2.45) is 29.1 Å². The molecule has 63 heavy (non-hydrogen) atoms. The summed E-state index contributed by atoms with van der Waals surface area (Å²) in [6.07, 6.45) is 13.8. The van der Waals surface area contributed by atoms with Gasteiger partial charge in [-0.15, -0.1) is 0 Å². The average molecular weight is 916 g/mol. The van der Waals surface area contributed by atoms with E-state index in [4.69, 9.17) is 5.26 Å². The largest absolute Gasteiger partial charge is 0.412 e. The lowest BCUT2D eigenvalue weighted by molar-refractivity contribution is -0.134. The maximum absolute atomic E-state index is 12.8. The lowest BCUT2D eigenvalue weighted by atomic mass is 9.76. The number of thiol groups is 1. The van der Waals surface area contributed by atoms with Crippen molar-refractivity contribution in [3.63, 3.8) is 0 Å². The van der Waals surface area contributed by atoms with E-state index in [0.717, 1.165) is 67.5 Å². The van der Waals surface area contributed by atoms with Gasteiger partial charge in [0.25, 0.3) is 0 Å². The molecule has 5 rings (SSSR count). The molecule has 1 aromatic carbocycles. The number of amides is 4. The third kappa shape index (κ3) is 23.1. The maximum Gasteiger partial charge on any atom is 0.234 e. The third-order valence-corrected chi connectivity index (χ3v) is 12.6. The van der Waals surface area contributed by atoms with Crippen molar-refractivity contribution in [2.45, 2.75) is 191 Å². The molecular weight excluding hydrogens is 815 g/mol. The van der Waals surface area contributed by atoms with Gasteiger partial charge in [-0.2, -0.15) is 17.9 Å². The number of rotatable bonds is 17. The Balaban J connectivity index is -0.000000302. The third-order valence-electron chi connectivity index (χ3n) is 12.6. The quantitative estimate of drug-likeness (QED) is 0.0458. The number of carbonyl (C=O) groups excluding carboxylic acids is 4. The molecule has 2 saturated heterocycles. The average Bonchev–Trinajstić information content (AvgIpc) is 3.76. The van der Waals surface area contributed by atoms with E-state index in [0.29, 0.717) is 55.8 Å². The van der Waals surface area contributed by atoms with Gasteiger partial charge in [-0.25, -0.2) is 0 Å². The second-order valence-corrected chi connectivity index (χ2v) is 18.0. The molecule has 10 N–H and O–H groups in total. The van der Waals surface area contributed by atoms with E-state index in [-0.39, 0.29) is 79.6 Å². The zero-order chi connectivity index (χ0) is 43.8. The first kappa shape index (κ1) is 64.2. The minimum atomic E-state index is -0.316. The molecule has 374 valence electrons. The van der Waals surface area contributed by atoms with Crippen molar-refractivity contribution in [1.82, 2.24) is 31.9 Å². The number of hydrogen-bond acceptors (Lipinski definition) is 9. The molecule has 2 aliphatic carbocycles. The second-order valence-electron chi connectivity index (χ2n) is 17.4. The molecule has 2 heterocycles. The monoisotopic (exact) mass is 916 g/mol. The van der Waals surface area contributed by atoms with Crippen molar-refractivity contribution >= 4 is 36.3 Å². The summed E-state index contributed by atoms with van der Waals surface area (Å²) in [6, 6.07) is 10.6. The van der Waals surface area contributed by atoms with E-state index in [1.165, 1.54) is 38.5 Å². The van der Waals surface area contributed by atoms with Crippen LogP contribution in [0.2, 0.25) is 0 Å². The standard InChI is InChI=1S/C37H59N5O4.C6H10N2.C2H6S.C2H6.2CH4.2H2O.4H2/c1-5-8-32(24(2)28-9-6-7-10-28)25(3)40-26(4)41-31-17-15-30(16-18-31)36(45)38-22-21-34(43)39-23-27-11-13-29(14-12-27)33-19-20-35(44)42-37(33)46;1-6(2-3-7)4-8-5-6;1-2-3;1-2;;;;;;;;/h11-14,24-26,28,30-33,40-41H,5-10,15-23H2,1-4H3,(H,38,45)(H,39,43)(H,42,44,46);8H,2,4-5H2,1H3;3H,2H2,1H3;1-2H3;2*1H4;2*1H2;4*1H. The Hall–Kier alpha value is -3.06. The van der Waals surface area contributed by atoms with Crippen LogP contribution in [-0.4, -0.2) is 78.2 Å². The summed E-state index contributed by atoms with van der Waals surface area (Å²) in [5, 5.41) is 27.4. The van der Waals surface area contributed by atoms with Crippen LogP contribution in [0.15, 0.2) is 24.3 Å². The van der Waals surface area contributed by atoms with Gasteiger partial charge in [0.05, 0.1) is 18.2 Å². The number of nitrogens with one attached hydrogen (secondary N) is 6. The lowest BCUT2D eigenvalue weighted by Gasteiger charge is -2.37. The van der Waals surface area contributed by atoms with Crippen LogP contribution in [0.4, 0.5) is 0 Å². The number of hydrogen-bond donors (Lipinski definition) is 7. The Kier molecular flexibility index (Phi) is 35.9. The first-order valence-electron chi connectivity index (χ1n) is 23.0. The molecule has 13 nitrogen and oxygen atoms in total. The maximum atomic E-state index is 12.8. The smallest absolute Gasteiger partial charge is 0.234 e. The van der Waals surface area contributed by atoms with Crippen molar-refractivity contribution in [1.29, 1.82) is 5.26 Å². The molecule has 0 spiro atoms. The van der Waals surface area contributed by atoms with E-state index in [1.54, 1.807) is 0 Å². The van der Waals surface area contributed by atoms with Crippen LogP contribution >= 0.6 is 12.6 Å². The van der Waals surface area contributed by atoms with Gasteiger partial charge in [0, 0.05) is 74.6 Å². The topological polar surface area (TPSA) is 227 Å². The van der Waals surface area contributed by atoms with E-state index in [9.17, 15) is 19.2 Å². The molecule has 0 bridgehead atoms. The molecule has 0 radical (unpaired) electrons. The number of benzene rings is 1. The van der Waals surface area contributed by atoms with Gasteiger partial charge in [0.15, 0.2) is 0 Å². The van der Waals surface area contributed by atoms with Crippen LogP contribution in [0.5, 0.6) is 0 Å². The highest BCUT2D eigenvalue weighted by Crippen LogP contribution is 2.38. The Morgan fingerprint density at radius 1 is 0.937 bits per heavy atom. The van der Waals surface area contributed by atoms with Crippen LogP contribution in [0.25, 0.3) is 0 Å². The highest BCUT2D eigenvalue weighted by Gasteiger charge is 2.33. The van der Waals surface area contributed by atoms with Crippen LogP contribution in [0, 0.1) is 40.4 Å². The number of imide groups is 1. The van der Waals surface area contributed by atoms with Crippen molar-refractivity contribution in [3.05, 3.63) is 35.4 Å². The Bertz CT molecular complexity index is 1450. The van der Waals surface area contributed by atoms with E-state index < -0.39 is 0 Å². The van der Waals surface area contributed by atoms with Crippen molar-refractivity contribution in [3.8, 4) is 6.07 Å². The molecule has 2 aliphatic heterocycles. The molecule has 1 aromatic rings. The van der Waals surface area contributed by atoms with Crippen LogP contribution in [0.3, 0.4) is 0 Å². The lowest BCUT2D eigenvalue weighted by Crippen LogP contribution is -2.52. The molecule has 4 aliphatic rings. The predicted octanol–water partition coefficient (Wildman–Crippen LogP) is 8.12. The van der Waals surface area contributed by atoms with E-state index >= 15 is 0 Å². The summed E-state index contributed by atoms with van der Waals surface area (Å²) in [5.41, 5.74) is 2.10. The van der Waals surface area contributed by atoms with E-state index in [1.807, 2.05) is 45.0 Å². The molecular formula is C49H101N7O6S. The Morgan fingerprint density at radius 3 is 2.02 bits per heavy atom. The first-order chi connectivity index (χ1) is 28.3. The van der Waals surface area contributed by atoms with Crippen LogP contribution < -0.4 is 31.9 Å². The number of piperidine rings is 1. The normalized spacial score (nSPS) is 21.6. The van der Waals surface area contributed by atoms with Crippen LogP contribution in [0.1, 0.15) is 183 Å². The second kappa shape index (κ2) is 35.2. The Morgan fingerprint density at radius 2 is 1.52 bits per heavy atom. The first-order valence-corrected chi connectivity index (χ1v) is 23.6. The van der Waals surface area contributed by atoms with Crippen molar-refractivity contribution in [2.75, 3.05) is 25.4 Å². The molecule has 5 atom stereocenters. The van der Waals surface area contributed by atoms with Crippen LogP contribution in [-0.2, 0) is 25.7 Å². The molecule has 0 aromatic heterocycles. The summed E-state index contributed by atoms with van der Waals surface area (Å²) in [6.45, 7) is 20.3. The number of nitrogens with zero attached hydrogens (tertiary/aromatic N) is 1. The summed E-state index contributed by atoms with van der Waals surface area (Å²) < 4.78 is 0. The van der Waals surface area contributed by atoms with Gasteiger partial charge in [-0.05, 0) is 87.0 Å². The van der Waals surface area contributed by atoms with Gasteiger partial charge in [0.1, 0.15) is 0 Å². The fourth-order valence-electron chi connectivity index (χ4n) is 9.06. The van der Waals surface area contributed by atoms with Crippen molar-refractivity contribution < 1.29 is 35.8 Å². The summed E-state index contributed by atoms with van der Waals surface area (Å²) in [5.74, 6) is 2.46. The minimum Gasteiger partial charge on any atom is -0.412 e. The molecule has 2 saturated carbocycles. The molecule has 5 unspecified atom stereocenters. The summed E-state index contributed by atoms with van der Waals surface area (Å²) in [7, 11) is 0. The number of nitriles is 1. The minimum absolute atomic E-state index is 0. The highest BCUT2D eigenvalue weighted by molar-refractivity contribution is 7.80. The zero-order valence-corrected chi connectivity index (χ0v) is 39.8. The molecule has 4 amide bonds. The highest BCUT2D eigenvalue weighted by atomic mass is 32.1. The van der Waals surface area contributed by atoms with Gasteiger partial charge < -0.3 is 26.9 Å². The fourth-order valence-corrected chi connectivity index (χ4v) is 9.06. The zero-order valence-electron chi connectivity index (χ0n) is 38.9.